The molecule has 0 aliphatic carbocycles. The predicted octanol–water partition coefficient (Wildman–Crippen LogP) is 1.87. The van der Waals surface area contributed by atoms with Gasteiger partial charge in [-0.15, -0.1) is 0 Å². The fourth-order valence-corrected chi connectivity index (χ4v) is 1.47. The highest BCUT2D eigenvalue weighted by Gasteiger charge is 2.03. The van der Waals surface area contributed by atoms with Crippen LogP contribution in [0.15, 0.2) is 12.3 Å². The monoisotopic (exact) mass is 159 g/mol. The van der Waals surface area contributed by atoms with Gasteiger partial charge in [-0.2, -0.15) is 0 Å². The van der Waals surface area contributed by atoms with Gasteiger partial charge in [0.2, 0.25) is 0 Å². The quantitative estimate of drug-likeness (QED) is 0.613. The zero-order valence-corrected chi connectivity index (χ0v) is 7.80. The highest BCUT2D eigenvalue weighted by Crippen LogP contribution is 2.13. The summed E-state index contributed by atoms with van der Waals surface area (Å²) in [7, 11) is 5.66. The van der Waals surface area contributed by atoms with Crippen molar-refractivity contribution >= 4 is 7.85 Å². The number of aromatic nitrogens is 1. The Bertz CT molecular complexity index is 236. The minimum Gasteiger partial charge on any atom is -0.261 e. The molecule has 0 aromatic carbocycles. The molecule has 62 valence electrons. The van der Waals surface area contributed by atoms with E-state index in [-0.39, 0.29) is 0 Å². The van der Waals surface area contributed by atoms with E-state index in [0.29, 0.717) is 6.32 Å². The lowest BCUT2D eigenvalue weighted by atomic mass is 9.90. The van der Waals surface area contributed by atoms with Crippen LogP contribution in [0.25, 0.3) is 0 Å². The largest absolute Gasteiger partial charge is 0.261 e. The van der Waals surface area contributed by atoms with E-state index in [4.69, 9.17) is 7.85 Å². The van der Waals surface area contributed by atoms with Crippen LogP contribution in [0.5, 0.6) is 0 Å². The summed E-state index contributed by atoms with van der Waals surface area (Å²) in [6, 6.07) is 2.06. The summed E-state index contributed by atoms with van der Waals surface area (Å²) in [5.41, 5.74) is 3.73. The first-order valence-corrected chi connectivity index (χ1v) is 4.49. The van der Waals surface area contributed by atoms with Crippen LogP contribution in [0, 0.1) is 0 Å². The van der Waals surface area contributed by atoms with Gasteiger partial charge in [0.1, 0.15) is 0 Å². The standard InChI is InChI=1S/C10H14BN/c1-3-8-5-6-12-10(4-2)9(8)7-11/h5-6H,3-4,7H2,1-2H3. The lowest BCUT2D eigenvalue weighted by Crippen LogP contribution is -2.01. The fourth-order valence-electron chi connectivity index (χ4n) is 1.47. The minimum atomic E-state index is 0.611. The number of rotatable bonds is 3. The van der Waals surface area contributed by atoms with E-state index in [9.17, 15) is 0 Å². The van der Waals surface area contributed by atoms with Crippen molar-refractivity contribution in [2.24, 2.45) is 0 Å². The lowest BCUT2D eigenvalue weighted by Gasteiger charge is -2.09. The average molecular weight is 159 g/mol. The zero-order valence-electron chi connectivity index (χ0n) is 7.80. The van der Waals surface area contributed by atoms with E-state index >= 15 is 0 Å². The number of aryl methyl sites for hydroxylation is 2. The third-order valence-corrected chi connectivity index (χ3v) is 2.16. The van der Waals surface area contributed by atoms with Crippen molar-refractivity contribution in [1.29, 1.82) is 0 Å². The predicted molar refractivity (Wildman–Crippen MR) is 52.5 cm³/mol. The number of hydrogen-bond donors (Lipinski definition) is 0. The molecule has 0 saturated carbocycles. The van der Waals surface area contributed by atoms with Crippen molar-refractivity contribution in [3.8, 4) is 0 Å². The van der Waals surface area contributed by atoms with E-state index < -0.39 is 0 Å². The average Bonchev–Trinajstić information content (AvgIpc) is 2.16. The molecule has 1 aromatic rings. The molecule has 1 aromatic heterocycles. The molecule has 1 nitrogen and oxygen atoms in total. The van der Waals surface area contributed by atoms with Crippen molar-refractivity contribution < 1.29 is 0 Å². The minimum absolute atomic E-state index is 0.611. The zero-order chi connectivity index (χ0) is 8.97. The Morgan fingerprint density at radius 3 is 2.58 bits per heavy atom. The molecule has 0 aliphatic heterocycles. The molecule has 2 radical (unpaired) electrons. The van der Waals surface area contributed by atoms with Crippen molar-refractivity contribution in [3.05, 3.63) is 29.1 Å². The highest BCUT2D eigenvalue weighted by molar-refractivity contribution is 6.08. The summed E-state index contributed by atoms with van der Waals surface area (Å²) >= 11 is 0. The van der Waals surface area contributed by atoms with Crippen molar-refractivity contribution in [3.63, 3.8) is 0 Å². The Hall–Kier alpha value is -0.785. The van der Waals surface area contributed by atoms with E-state index in [1.54, 1.807) is 0 Å². The molecule has 0 atom stereocenters. The maximum absolute atomic E-state index is 5.66. The van der Waals surface area contributed by atoms with Crippen molar-refractivity contribution in [2.75, 3.05) is 0 Å². The number of pyridine rings is 1. The van der Waals surface area contributed by atoms with Crippen molar-refractivity contribution in [1.82, 2.24) is 4.98 Å². The van der Waals surface area contributed by atoms with E-state index in [1.807, 2.05) is 6.20 Å². The van der Waals surface area contributed by atoms with E-state index in [1.165, 1.54) is 11.1 Å². The van der Waals surface area contributed by atoms with Gasteiger partial charge in [-0.25, -0.2) is 0 Å². The van der Waals surface area contributed by atoms with Crippen LogP contribution in [-0.4, -0.2) is 12.8 Å². The second-order valence-electron chi connectivity index (χ2n) is 2.81. The van der Waals surface area contributed by atoms with Crippen LogP contribution >= 0.6 is 0 Å². The van der Waals surface area contributed by atoms with Gasteiger partial charge in [-0.05, 0) is 30.0 Å². The Kier molecular flexibility index (Phi) is 3.33. The summed E-state index contributed by atoms with van der Waals surface area (Å²) in [6.07, 6.45) is 4.50. The van der Waals surface area contributed by atoms with Gasteiger partial charge in [0.25, 0.3) is 0 Å². The van der Waals surface area contributed by atoms with E-state index in [0.717, 1.165) is 18.5 Å². The lowest BCUT2D eigenvalue weighted by molar-refractivity contribution is 0.963. The Morgan fingerprint density at radius 2 is 2.08 bits per heavy atom. The summed E-state index contributed by atoms with van der Waals surface area (Å²) in [5, 5.41) is 0. The van der Waals surface area contributed by atoms with Gasteiger partial charge >= 0.3 is 0 Å². The highest BCUT2D eigenvalue weighted by atomic mass is 14.7. The van der Waals surface area contributed by atoms with Crippen LogP contribution in [0.2, 0.25) is 0 Å². The van der Waals surface area contributed by atoms with Crippen LogP contribution in [0.1, 0.15) is 30.7 Å². The summed E-state index contributed by atoms with van der Waals surface area (Å²) in [5.74, 6) is 0. The van der Waals surface area contributed by atoms with E-state index in [2.05, 4.69) is 24.9 Å². The second-order valence-corrected chi connectivity index (χ2v) is 2.81. The molecule has 1 heterocycles. The first-order valence-electron chi connectivity index (χ1n) is 4.49. The smallest absolute Gasteiger partial charge is 0.0717 e. The third-order valence-electron chi connectivity index (χ3n) is 2.16. The molecule has 0 unspecified atom stereocenters. The Morgan fingerprint density at radius 1 is 1.33 bits per heavy atom. The van der Waals surface area contributed by atoms with Crippen molar-refractivity contribution in [2.45, 2.75) is 33.0 Å². The molecule has 0 amide bonds. The van der Waals surface area contributed by atoms with Gasteiger partial charge in [-0.1, -0.05) is 20.2 Å². The molecule has 1 rings (SSSR count). The summed E-state index contributed by atoms with van der Waals surface area (Å²) in [4.78, 5) is 4.30. The number of hydrogen-bond acceptors (Lipinski definition) is 1. The maximum atomic E-state index is 5.66. The molecule has 0 N–H and O–H groups in total. The van der Waals surface area contributed by atoms with Gasteiger partial charge in [0.15, 0.2) is 0 Å². The summed E-state index contributed by atoms with van der Waals surface area (Å²) < 4.78 is 0. The first kappa shape index (κ1) is 9.30. The van der Waals surface area contributed by atoms with Gasteiger partial charge in [0, 0.05) is 11.9 Å². The molecule has 2 heteroatoms. The van der Waals surface area contributed by atoms with Gasteiger partial charge in [0.05, 0.1) is 7.85 Å². The SMILES string of the molecule is [B]Cc1c(CC)ccnc1CC. The molecule has 0 spiro atoms. The summed E-state index contributed by atoms with van der Waals surface area (Å²) in [6.45, 7) is 4.26. The normalized spacial score (nSPS) is 10.2. The van der Waals surface area contributed by atoms with Gasteiger partial charge < -0.3 is 0 Å². The third kappa shape index (κ3) is 1.68. The second kappa shape index (κ2) is 4.29. The molecule has 0 fully saturated rings. The van der Waals surface area contributed by atoms with Crippen LogP contribution in [-0.2, 0) is 19.2 Å². The molecular formula is C10H14BN. The Labute approximate surface area is 75.6 Å². The topological polar surface area (TPSA) is 12.9 Å². The first-order chi connectivity index (χ1) is 5.83. The van der Waals surface area contributed by atoms with Crippen LogP contribution in [0.4, 0.5) is 0 Å². The van der Waals surface area contributed by atoms with Gasteiger partial charge in [-0.3, -0.25) is 4.98 Å². The molecule has 0 aliphatic rings. The maximum Gasteiger partial charge on any atom is 0.0717 e. The molecule has 0 bridgehead atoms. The molecule has 12 heavy (non-hydrogen) atoms. The fraction of sp³-hybridized carbons (Fsp3) is 0.500. The van der Waals surface area contributed by atoms with Crippen LogP contribution in [0.3, 0.4) is 0 Å². The number of nitrogens with zero attached hydrogens (tertiary/aromatic N) is 1. The molecular weight excluding hydrogens is 145 g/mol. The Balaban J connectivity index is 3.13. The van der Waals surface area contributed by atoms with Crippen LogP contribution < -0.4 is 0 Å². The molecule has 0 saturated heterocycles.